The molecule has 0 spiro atoms. The van der Waals surface area contributed by atoms with Crippen molar-refractivity contribution in [2.45, 2.75) is 32.1 Å². The summed E-state index contributed by atoms with van der Waals surface area (Å²) in [6.45, 7) is 7.77. The van der Waals surface area contributed by atoms with Gasteiger partial charge in [0.25, 0.3) is 0 Å². The van der Waals surface area contributed by atoms with Crippen LogP contribution >= 0.6 is 0 Å². The molecule has 1 aromatic carbocycles. The minimum absolute atomic E-state index is 0.0641. The third kappa shape index (κ3) is 3.15. The number of ether oxygens (including phenoxy) is 1. The van der Waals surface area contributed by atoms with E-state index < -0.39 is 15.4 Å². The number of rotatable bonds is 2. The Morgan fingerprint density at radius 2 is 1.79 bits per heavy atom. The number of nitrogens with zero attached hydrogens (tertiary/aromatic N) is 2. The van der Waals surface area contributed by atoms with Gasteiger partial charge in [-0.2, -0.15) is 4.31 Å². The summed E-state index contributed by atoms with van der Waals surface area (Å²) in [5, 5.41) is 0. The first-order chi connectivity index (χ1) is 11.2. The number of carbonyl (C=O) groups is 1. The van der Waals surface area contributed by atoms with Gasteiger partial charge < -0.3 is 9.64 Å². The largest absolute Gasteiger partial charge is 0.493 e. The van der Waals surface area contributed by atoms with Gasteiger partial charge in [-0.15, -0.1) is 0 Å². The molecule has 0 radical (unpaired) electrons. The average Bonchev–Trinajstić information content (AvgIpc) is 3.01. The third-order valence-electron chi connectivity index (χ3n) is 4.47. The summed E-state index contributed by atoms with van der Waals surface area (Å²) in [7, 11) is -3.53. The van der Waals surface area contributed by atoms with Crippen molar-refractivity contribution < 1.29 is 17.9 Å². The van der Waals surface area contributed by atoms with Gasteiger partial charge in [0.15, 0.2) is 0 Å². The van der Waals surface area contributed by atoms with Crippen LogP contribution in [0.3, 0.4) is 0 Å². The fraction of sp³-hybridized carbons (Fsp3) is 0.588. The monoisotopic (exact) mass is 352 g/mol. The highest BCUT2D eigenvalue weighted by Crippen LogP contribution is 2.29. The highest BCUT2D eigenvalue weighted by atomic mass is 32.2. The molecular formula is C17H24N2O4S. The fourth-order valence-corrected chi connectivity index (χ4v) is 4.55. The normalized spacial score (nSPS) is 19.0. The number of fused-ring (bicyclic) bond motifs is 1. The zero-order chi connectivity index (χ0) is 17.5. The smallest absolute Gasteiger partial charge is 0.243 e. The van der Waals surface area contributed by atoms with Crippen LogP contribution in [0.25, 0.3) is 0 Å². The number of amides is 1. The Labute approximate surface area is 143 Å². The number of piperazine rings is 1. The zero-order valence-electron chi connectivity index (χ0n) is 14.4. The first-order valence-electron chi connectivity index (χ1n) is 8.25. The molecule has 3 rings (SSSR count). The number of sulfonamides is 1. The lowest BCUT2D eigenvalue weighted by Crippen LogP contribution is -2.52. The van der Waals surface area contributed by atoms with Crippen LogP contribution < -0.4 is 4.74 Å². The molecule has 24 heavy (non-hydrogen) atoms. The van der Waals surface area contributed by atoms with Crippen molar-refractivity contribution in [3.63, 3.8) is 0 Å². The summed E-state index contributed by atoms with van der Waals surface area (Å²) in [6, 6.07) is 5.05. The molecule has 0 aliphatic carbocycles. The molecule has 0 saturated carbocycles. The van der Waals surface area contributed by atoms with E-state index in [2.05, 4.69) is 0 Å². The lowest BCUT2D eigenvalue weighted by atomic mass is 9.94. The van der Waals surface area contributed by atoms with Crippen LogP contribution in [-0.4, -0.2) is 56.3 Å². The second-order valence-electron chi connectivity index (χ2n) is 7.31. The van der Waals surface area contributed by atoms with Crippen LogP contribution in [0.1, 0.15) is 26.3 Å². The van der Waals surface area contributed by atoms with E-state index in [1.54, 1.807) is 23.1 Å². The molecule has 2 aliphatic rings. The Kier molecular flexibility index (Phi) is 4.34. The number of carbonyl (C=O) groups excluding carboxylic acids is 1. The molecule has 0 bridgehead atoms. The summed E-state index contributed by atoms with van der Waals surface area (Å²) >= 11 is 0. The van der Waals surface area contributed by atoms with E-state index in [1.165, 1.54) is 4.31 Å². The van der Waals surface area contributed by atoms with Gasteiger partial charge in [-0.3, -0.25) is 4.79 Å². The quantitative estimate of drug-likeness (QED) is 0.809. The van der Waals surface area contributed by atoms with E-state index in [0.29, 0.717) is 37.7 Å². The molecule has 1 fully saturated rings. The zero-order valence-corrected chi connectivity index (χ0v) is 15.2. The predicted molar refractivity (Wildman–Crippen MR) is 90.4 cm³/mol. The molecule has 0 unspecified atom stereocenters. The van der Waals surface area contributed by atoms with E-state index >= 15 is 0 Å². The Hall–Kier alpha value is -1.60. The van der Waals surface area contributed by atoms with Crippen molar-refractivity contribution in [2.24, 2.45) is 5.41 Å². The van der Waals surface area contributed by atoms with Crippen molar-refractivity contribution >= 4 is 15.9 Å². The van der Waals surface area contributed by atoms with Gasteiger partial charge in [0, 0.05) is 38.0 Å². The maximum absolute atomic E-state index is 12.8. The van der Waals surface area contributed by atoms with Gasteiger partial charge in [0.2, 0.25) is 15.9 Å². The van der Waals surface area contributed by atoms with Crippen molar-refractivity contribution in [3.8, 4) is 5.75 Å². The van der Waals surface area contributed by atoms with Gasteiger partial charge in [-0.25, -0.2) is 8.42 Å². The molecule has 0 aromatic heterocycles. The maximum atomic E-state index is 12.8. The average molecular weight is 352 g/mol. The predicted octanol–water partition coefficient (Wildman–Crippen LogP) is 1.50. The highest BCUT2D eigenvalue weighted by Gasteiger charge is 2.34. The van der Waals surface area contributed by atoms with Crippen LogP contribution in [0, 0.1) is 5.41 Å². The molecule has 132 valence electrons. The molecule has 1 aromatic rings. The SMILES string of the molecule is CC(C)(C)C(=O)N1CCN(S(=O)(=O)c2ccc3c(c2)CCO3)CC1. The van der Waals surface area contributed by atoms with Crippen LogP contribution in [0.4, 0.5) is 0 Å². The Morgan fingerprint density at radius 1 is 1.12 bits per heavy atom. The van der Waals surface area contributed by atoms with Crippen LogP contribution in [0.2, 0.25) is 0 Å². The third-order valence-corrected chi connectivity index (χ3v) is 6.36. The number of benzene rings is 1. The van der Waals surface area contributed by atoms with Crippen LogP contribution in [0.15, 0.2) is 23.1 Å². The van der Waals surface area contributed by atoms with Crippen molar-refractivity contribution in [3.05, 3.63) is 23.8 Å². The van der Waals surface area contributed by atoms with Crippen molar-refractivity contribution in [1.29, 1.82) is 0 Å². The van der Waals surface area contributed by atoms with Crippen LogP contribution in [-0.2, 0) is 21.2 Å². The number of hydrogen-bond acceptors (Lipinski definition) is 4. The van der Waals surface area contributed by atoms with E-state index in [9.17, 15) is 13.2 Å². The Balaban J connectivity index is 1.73. The lowest BCUT2D eigenvalue weighted by Gasteiger charge is -2.37. The first-order valence-corrected chi connectivity index (χ1v) is 9.69. The molecular weight excluding hydrogens is 328 g/mol. The minimum atomic E-state index is -3.53. The summed E-state index contributed by atoms with van der Waals surface area (Å²) in [6.07, 6.45) is 0.743. The molecule has 0 N–H and O–H groups in total. The van der Waals surface area contributed by atoms with Gasteiger partial charge in [0.1, 0.15) is 5.75 Å². The van der Waals surface area contributed by atoms with E-state index in [4.69, 9.17) is 4.74 Å². The lowest BCUT2D eigenvalue weighted by molar-refractivity contribution is -0.140. The second kappa shape index (κ2) is 6.04. The van der Waals surface area contributed by atoms with E-state index in [-0.39, 0.29) is 5.91 Å². The van der Waals surface area contributed by atoms with Gasteiger partial charge in [0.05, 0.1) is 11.5 Å². The Morgan fingerprint density at radius 3 is 2.42 bits per heavy atom. The maximum Gasteiger partial charge on any atom is 0.243 e. The van der Waals surface area contributed by atoms with E-state index in [1.807, 2.05) is 20.8 Å². The second-order valence-corrected chi connectivity index (χ2v) is 9.25. The standard InChI is InChI=1S/C17H24N2O4S/c1-17(2,3)16(20)18-7-9-19(10-8-18)24(21,22)14-4-5-15-13(12-14)6-11-23-15/h4-5,12H,6-11H2,1-3H3. The van der Waals surface area contributed by atoms with Crippen molar-refractivity contribution in [1.82, 2.24) is 9.21 Å². The molecule has 1 amide bonds. The molecule has 6 nitrogen and oxygen atoms in total. The molecule has 1 saturated heterocycles. The Bertz CT molecular complexity index is 744. The van der Waals surface area contributed by atoms with Gasteiger partial charge in [-0.1, -0.05) is 20.8 Å². The van der Waals surface area contributed by atoms with Crippen molar-refractivity contribution in [2.75, 3.05) is 32.8 Å². The number of hydrogen-bond donors (Lipinski definition) is 0. The topological polar surface area (TPSA) is 66.9 Å². The highest BCUT2D eigenvalue weighted by molar-refractivity contribution is 7.89. The molecule has 2 aliphatic heterocycles. The fourth-order valence-electron chi connectivity index (χ4n) is 3.08. The van der Waals surface area contributed by atoms with Gasteiger partial charge in [-0.05, 0) is 23.8 Å². The summed E-state index contributed by atoms with van der Waals surface area (Å²) in [5.74, 6) is 0.837. The molecule has 2 heterocycles. The first kappa shape index (κ1) is 17.2. The molecule has 7 heteroatoms. The van der Waals surface area contributed by atoms with E-state index in [0.717, 1.165) is 17.7 Å². The molecule has 0 atom stereocenters. The summed E-state index contributed by atoms with van der Waals surface area (Å²) < 4.78 is 32.6. The summed E-state index contributed by atoms with van der Waals surface area (Å²) in [4.78, 5) is 14.4. The summed E-state index contributed by atoms with van der Waals surface area (Å²) in [5.41, 5.74) is 0.499. The van der Waals surface area contributed by atoms with Gasteiger partial charge >= 0.3 is 0 Å². The minimum Gasteiger partial charge on any atom is -0.493 e. The van der Waals surface area contributed by atoms with Crippen LogP contribution in [0.5, 0.6) is 5.75 Å².